The fraction of sp³-hybridized carbons (Fsp3) is 0.111. The third-order valence-corrected chi connectivity index (χ3v) is 6.30. The Labute approximate surface area is 217 Å². The van der Waals surface area contributed by atoms with Gasteiger partial charge in [-0.15, -0.1) is 0 Å². The fourth-order valence-electron chi connectivity index (χ4n) is 4.38. The van der Waals surface area contributed by atoms with Crippen LogP contribution in [0.2, 0.25) is 5.02 Å². The lowest BCUT2D eigenvalue weighted by Crippen LogP contribution is -2.31. The van der Waals surface area contributed by atoms with E-state index in [1.807, 2.05) is 0 Å². The van der Waals surface area contributed by atoms with Gasteiger partial charge >= 0.3 is 6.18 Å². The number of halogens is 5. The molecule has 1 amide bonds. The molecular weight excluding hydrogens is 530 g/mol. The van der Waals surface area contributed by atoms with Crippen molar-refractivity contribution in [1.82, 2.24) is 0 Å². The molecule has 2 heterocycles. The summed E-state index contributed by atoms with van der Waals surface area (Å²) in [6.07, 6.45) is -4.72. The lowest BCUT2D eigenvalue weighted by molar-refractivity contribution is -0.137. The summed E-state index contributed by atoms with van der Waals surface area (Å²) in [6, 6.07) is 11.5. The third kappa shape index (κ3) is 4.26. The number of hydrogen-bond acceptors (Lipinski definition) is 5. The second kappa shape index (κ2) is 9.21. The number of alkyl halides is 3. The molecule has 1 aliphatic rings. The predicted molar refractivity (Wildman–Crippen MR) is 130 cm³/mol. The molecule has 0 bridgehead atoms. The van der Waals surface area contributed by atoms with Gasteiger partial charge < -0.3 is 14.3 Å². The Morgan fingerprint density at radius 2 is 1.79 bits per heavy atom. The van der Waals surface area contributed by atoms with Gasteiger partial charge in [0.05, 0.1) is 24.3 Å². The molecule has 6 nitrogen and oxygen atoms in total. The van der Waals surface area contributed by atoms with Crippen LogP contribution in [0.25, 0.3) is 11.0 Å². The van der Waals surface area contributed by atoms with Crippen LogP contribution in [0.5, 0.6) is 5.75 Å². The van der Waals surface area contributed by atoms with Crippen LogP contribution in [-0.2, 0) is 11.0 Å². The Bertz CT molecular complexity index is 1620. The molecule has 0 spiro atoms. The summed E-state index contributed by atoms with van der Waals surface area (Å²) < 4.78 is 64.9. The molecule has 1 aromatic heterocycles. The number of amides is 1. The Morgan fingerprint density at radius 1 is 1.08 bits per heavy atom. The highest BCUT2D eigenvalue weighted by molar-refractivity contribution is 6.31. The molecule has 0 saturated carbocycles. The number of benzene rings is 3. The van der Waals surface area contributed by atoms with Gasteiger partial charge in [-0.2, -0.15) is 13.2 Å². The number of aliphatic hydroxyl groups excluding tert-OH is 1. The van der Waals surface area contributed by atoms with Crippen LogP contribution in [0.15, 0.2) is 82.5 Å². The zero-order valence-electron chi connectivity index (χ0n) is 19.3. The largest absolute Gasteiger partial charge is 0.503 e. The molecule has 0 radical (unpaired) electrons. The van der Waals surface area contributed by atoms with Gasteiger partial charge in [-0.05, 0) is 48.0 Å². The molecule has 38 heavy (non-hydrogen) atoms. The summed E-state index contributed by atoms with van der Waals surface area (Å²) in [6.45, 7) is 0. The first-order valence-corrected chi connectivity index (χ1v) is 11.4. The van der Waals surface area contributed by atoms with E-state index in [2.05, 4.69) is 0 Å². The molecule has 1 aliphatic heterocycles. The van der Waals surface area contributed by atoms with Crippen LogP contribution in [0.1, 0.15) is 27.7 Å². The summed E-state index contributed by atoms with van der Waals surface area (Å²) in [5.41, 5.74) is -1.38. The molecule has 4 aromatic rings. The average molecular weight is 546 g/mol. The number of methoxy groups -OCH3 is 1. The Morgan fingerprint density at radius 3 is 2.45 bits per heavy atom. The molecule has 194 valence electrons. The van der Waals surface area contributed by atoms with Gasteiger partial charge in [0.25, 0.3) is 5.91 Å². The van der Waals surface area contributed by atoms with Crippen LogP contribution in [0.4, 0.5) is 23.2 Å². The van der Waals surface area contributed by atoms with E-state index in [0.29, 0.717) is 10.4 Å². The van der Waals surface area contributed by atoms with Gasteiger partial charge in [0.1, 0.15) is 5.82 Å². The van der Waals surface area contributed by atoms with Crippen molar-refractivity contribution in [3.05, 3.63) is 106 Å². The quantitative estimate of drug-likeness (QED) is 0.215. The zero-order chi connectivity index (χ0) is 27.4. The van der Waals surface area contributed by atoms with Crippen LogP contribution in [0.3, 0.4) is 0 Å². The fourth-order valence-corrected chi connectivity index (χ4v) is 4.59. The number of fused-ring (bicyclic) bond motifs is 1. The van der Waals surface area contributed by atoms with E-state index in [-0.39, 0.29) is 28.3 Å². The van der Waals surface area contributed by atoms with Crippen molar-refractivity contribution in [2.75, 3.05) is 12.0 Å². The molecule has 0 fully saturated rings. The summed E-state index contributed by atoms with van der Waals surface area (Å²) >= 11 is 6.09. The van der Waals surface area contributed by atoms with Crippen LogP contribution in [0, 0.1) is 5.82 Å². The van der Waals surface area contributed by atoms with E-state index in [1.165, 1.54) is 43.5 Å². The van der Waals surface area contributed by atoms with Crippen molar-refractivity contribution < 1.29 is 41.4 Å². The molecule has 1 unspecified atom stereocenters. The smallest absolute Gasteiger partial charge is 0.416 e. The number of nitrogens with zero attached hydrogens (tertiary/aromatic N) is 1. The number of carbonyl (C=O) groups is 2. The van der Waals surface area contributed by atoms with Gasteiger partial charge in [0.2, 0.25) is 5.78 Å². The molecule has 0 aliphatic carbocycles. The van der Waals surface area contributed by atoms with E-state index >= 15 is 0 Å². The topological polar surface area (TPSA) is 80.0 Å². The number of ether oxygens (including phenoxy) is 1. The summed E-state index contributed by atoms with van der Waals surface area (Å²) in [7, 11) is 1.37. The number of aliphatic hydroxyl groups is 1. The molecule has 1 atom stereocenters. The summed E-state index contributed by atoms with van der Waals surface area (Å²) in [5, 5.41) is 11.5. The van der Waals surface area contributed by atoms with Gasteiger partial charge in [0.15, 0.2) is 22.9 Å². The standard InChI is InChI=1S/C27H16ClF4NO5/c1-37-20-12-16(28)9-14-10-19(38-25(14)20)23(34)21-22(13-5-7-17(29)8-6-13)33(26(36)24(21)35)18-4-2-3-15(11-18)27(30,31)32/h2-12,22,35H,1H3. The van der Waals surface area contributed by atoms with E-state index in [0.717, 1.165) is 35.2 Å². The van der Waals surface area contributed by atoms with E-state index in [4.69, 9.17) is 20.8 Å². The Kier molecular flexibility index (Phi) is 6.15. The monoisotopic (exact) mass is 545 g/mol. The minimum absolute atomic E-state index is 0.168. The van der Waals surface area contributed by atoms with Crippen LogP contribution >= 0.6 is 11.6 Å². The third-order valence-electron chi connectivity index (χ3n) is 6.08. The van der Waals surface area contributed by atoms with Crippen LogP contribution in [-0.4, -0.2) is 23.9 Å². The second-order valence-electron chi connectivity index (χ2n) is 8.41. The first-order chi connectivity index (χ1) is 18.0. The molecule has 11 heteroatoms. The SMILES string of the molecule is COc1cc(Cl)cc2cc(C(=O)C3=C(O)C(=O)N(c4cccc(C(F)(F)F)c4)C3c3ccc(F)cc3)oc12. The normalized spacial score (nSPS) is 16.0. The van der Waals surface area contributed by atoms with Crippen molar-refractivity contribution in [1.29, 1.82) is 0 Å². The van der Waals surface area contributed by atoms with E-state index in [9.17, 15) is 32.3 Å². The van der Waals surface area contributed by atoms with Gasteiger partial charge in [0, 0.05) is 22.2 Å². The highest BCUT2D eigenvalue weighted by Gasteiger charge is 2.46. The van der Waals surface area contributed by atoms with Crippen molar-refractivity contribution >= 4 is 39.9 Å². The lowest BCUT2D eigenvalue weighted by atomic mass is 9.94. The minimum Gasteiger partial charge on any atom is -0.503 e. The second-order valence-corrected chi connectivity index (χ2v) is 8.84. The average Bonchev–Trinajstić information content (AvgIpc) is 3.42. The zero-order valence-corrected chi connectivity index (χ0v) is 20.1. The van der Waals surface area contributed by atoms with Crippen molar-refractivity contribution in [3.63, 3.8) is 0 Å². The van der Waals surface area contributed by atoms with E-state index in [1.54, 1.807) is 0 Å². The highest BCUT2D eigenvalue weighted by atomic mass is 35.5. The first-order valence-electron chi connectivity index (χ1n) is 11.0. The maximum atomic E-state index is 13.7. The number of hydrogen-bond donors (Lipinski definition) is 1. The number of Topliss-reactive ketones (excluding diaryl/α,β-unsaturated/α-hetero) is 1. The van der Waals surface area contributed by atoms with Crippen molar-refractivity contribution in [2.24, 2.45) is 0 Å². The Balaban J connectivity index is 1.67. The minimum atomic E-state index is -4.72. The molecule has 3 aromatic carbocycles. The highest BCUT2D eigenvalue weighted by Crippen LogP contribution is 2.44. The summed E-state index contributed by atoms with van der Waals surface area (Å²) in [5.74, 6) is -3.67. The van der Waals surface area contributed by atoms with Gasteiger partial charge in [-0.1, -0.05) is 29.8 Å². The van der Waals surface area contributed by atoms with Crippen molar-refractivity contribution in [3.8, 4) is 5.75 Å². The summed E-state index contributed by atoms with van der Waals surface area (Å²) in [4.78, 5) is 27.8. The van der Waals surface area contributed by atoms with Crippen molar-refractivity contribution in [2.45, 2.75) is 12.2 Å². The predicted octanol–water partition coefficient (Wildman–Crippen LogP) is 7.04. The first kappa shape index (κ1) is 25.3. The number of furan rings is 1. The van der Waals surface area contributed by atoms with Gasteiger partial charge in [-0.3, -0.25) is 14.5 Å². The molecule has 0 saturated heterocycles. The maximum Gasteiger partial charge on any atom is 0.416 e. The molecule has 1 N–H and O–H groups in total. The molecule has 5 rings (SSSR count). The van der Waals surface area contributed by atoms with Gasteiger partial charge in [-0.25, -0.2) is 4.39 Å². The Hall–Kier alpha value is -4.31. The number of anilines is 1. The lowest BCUT2D eigenvalue weighted by Gasteiger charge is -2.27. The maximum absolute atomic E-state index is 13.7. The van der Waals surface area contributed by atoms with E-state index < -0.39 is 46.6 Å². The molecular formula is C27H16ClF4NO5. The number of carbonyl (C=O) groups excluding carboxylic acids is 2. The number of ketones is 1. The van der Waals surface area contributed by atoms with Crippen LogP contribution < -0.4 is 9.64 Å². The number of rotatable bonds is 5.